The van der Waals surface area contributed by atoms with Crippen molar-refractivity contribution in [3.8, 4) is 0 Å². The van der Waals surface area contributed by atoms with Gasteiger partial charge in [0.1, 0.15) is 5.57 Å². The van der Waals surface area contributed by atoms with Crippen LogP contribution in [0.3, 0.4) is 0 Å². The summed E-state index contributed by atoms with van der Waals surface area (Å²) in [4.78, 5) is 26.5. The van der Waals surface area contributed by atoms with Gasteiger partial charge in [-0.2, -0.15) is 0 Å². The number of benzene rings is 3. The van der Waals surface area contributed by atoms with Gasteiger partial charge in [0, 0.05) is 11.4 Å². The minimum atomic E-state index is -0.447. The van der Waals surface area contributed by atoms with Gasteiger partial charge >= 0.3 is 0 Å². The number of nitrogens with one attached hydrogen (secondary N) is 2. The molecule has 0 saturated carbocycles. The number of carbonyl (C=O) groups excluding carboxylic acids is 2. The van der Waals surface area contributed by atoms with Crippen LogP contribution >= 0.6 is 0 Å². The van der Waals surface area contributed by atoms with Gasteiger partial charge in [0.2, 0.25) is 0 Å². The molecule has 3 rings (SSSR count). The fourth-order valence-electron chi connectivity index (χ4n) is 3.66. The van der Waals surface area contributed by atoms with Gasteiger partial charge in [-0.05, 0) is 74.1 Å². The highest BCUT2D eigenvalue weighted by molar-refractivity contribution is 6.29. The molecular weight excluding hydrogens is 408 g/mol. The number of hydrogen-bond donors (Lipinski definition) is 2. The van der Waals surface area contributed by atoms with E-state index in [1.54, 1.807) is 6.08 Å². The Morgan fingerprint density at radius 3 is 1.55 bits per heavy atom. The molecule has 0 aliphatic rings. The first-order valence-corrected chi connectivity index (χ1v) is 11.2. The van der Waals surface area contributed by atoms with Crippen LogP contribution in [0.5, 0.6) is 0 Å². The zero-order valence-electron chi connectivity index (χ0n) is 20.2. The van der Waals surface area contributed by atoms with E-state index in [9.17, 15) is 9.59 Å². The third kappa shape index (κ3) is 6.19. The van der Waals surface area contributed by atoms with Gasteiger partial charge < -0.3 is 10.6 Å². The fraction of sp³-hybridized carbons (Fsp3) is 0.241. The molecule has 3 aromatic carbocycles. The largest absolute Gasteiger partial charge is 0.322 e. The van der Waals surface area contributed by atoms with E-state index in [1.807, 2.05) is 88.4 Å². The van der Waals surface area contributed by atoms with Crippen molar-refractivity contribution in [1.29, 1.82) is 0 Å². The van der Waals surface area contributed by atoms with Crippen LogP contribution in [0.15, 0.2) is 66.2 Å². The Kier molecular flexibility index (Phi) is 7.49. The van der Waals surface area contributed by atoms with Crippen LogP contribution in [0.4, 0.5) is 11.4 Å². The van der Waals surface area contributed by atoms with Crippen LogP contribution in [0.1, 0.15) is 53.1 Å². The van der Waals surface area contributed by atoms with E-state index < -0.39 is 11.8 Å². The van der Waals surface area contributed by atoms with Crippen molar-refractivity contribution in [2.75, 3.05) is 10.6 Å². The highest BCUT2D eigenvalue weighted by Gasteiger charge is 2.20. The van der Waals surface area contributed by atoms with Crippen molar-refractivity contribution < 1.29 is 9.59 Å². The molecule has 0 aliphatic heterocycles. The maximum Gasteiger partial charge on any atom is 0.261 e. The molecule has 0 spiro atoms. The minimum Gasteiger partial charge on any atom is -0.322 e. The Morgan fingerprint density at radius 2 is 1.15 bits per heavy atom. The van der Waals surface area contributed by atoms with Gasteiger partial charge in [-0.15, -0.1) is 0 Å². The summed E-state index contributed by atoms with van der Waals surface area (Å²) in [5.74, 6) is -0.488. The highest BCUT2D eigenvalue weighted by Crippen LogP contribution is 2.21. The summed E-state index contributed by atoms with van der Waals surface area (Å²) in [5, 5.41) is 5.82. The van der Waals surface area contributed by atoms with Crippen LogP contribution < -0.4 is 10.6 Å². The monoisotopic (exact) mass is 440 g/mol. The van der Waals surface area contributed by atoms with Gasteiger partial charge in [-0.3, -0.25) is 9.59 Å². The van der Waals surface area contributed by atoms with Crippen molar-refractivity contribution in [2.45, 2.75) is 47.5 Å². The van der Waals surface area contributed by atoms with Crippen molar-refractivity contribution in [3.63, 3.8) is 0 Å². The van der Waals surface area contributed by atoms with Crippen LogP contribution in [0.2, 0.25) is 0 Å². The van der Waals surface area contributed by atoms with Crippen LogP contribution in [-0.2, 0) is 9.59 Å². The van der Waals surface area contributed by atoms with Gasteiger partial charge in [-0.1, -0.05) is 73.5 Å². The zero-order chi connectivity index (χ0) is 24.1. The molecular formula is C29H32N2O2. The summed E-state index contributed by atoms with van der Waals surface area (Å²) in [5.41, 5.74) is 7.52. The first-order chi connectivity index (χ1) is 15.6. The number of amides is 2. The fourth-order valence-corrected chi connectivity index (χ4v) is 3.66. The van der Waals surface area contributed by atoms with E-state index in [0.717, 1.165) is 27.8 Å². The smallest absolute Gasteiger partial charge is 0.261 e. The van der Waals surface area contributed by atoms with Crippen molar-refractivity contribution in [3.05, 3.63) is 99.6 Å². The Bertz CT molecular complexity index is 1140. The quantitative estimate of drug-likeness (QED) is 0.254. The molecule has 2 N–H and O–H groups in total. The Labute approximate surface area is 196 Å². The molecule has 4 nitrogen and oxygen atoms in total. The average Bonchev–Trinajstić information content (AvgIpc) is 2.76. The number of carbonyl (C=O) groups is 2. The lowest BCUT2D eigenvalue weighted by Crippen LogP contribution is -2.26. The summed E-state index contributed by atoms with van der Waals surface area (Å²) in [6.07, 6.45) is 1.64. The second kappa shape index (κ2) is 10.3. The molecule has 4 heteroatoms. The second-order valence-corrected chi connectivity index (χ2v) is 8.92. The maximum atomic E-state index is 13.3. The molecule has 3 aromatic rings. The molecule has 0 saturated heterocycles. The second-order valence-electron chi connectivity index (χ2n) is 8.92. The topological polar surface area (TPSA) is 58.2 Å². The van der Waals surface area contributed by atoms with Crippen LogP contribution in [0.25, 0.3) is 6.08 Å². The molecule has 0 heterocycles. The lowest BCUT2D eigenvalue weighted by molar-refractivity contribution is -0.118. The third-order valence-corrected chi connectivity index (χ3v) is 5.66. The molecule has 170 valence electrons. The van der Waals surface area contributed by atoms with Crippen LogP contribution in [0, 0.1) is 27.7 Å². The van der Waals surface area contributed by atoms with Crippen molar-refractivity contribution >= 4 is 29.3 Å². The third-order valence-electron chi connectivity index (χ3n) is 5.66. The molecule has 0 aromatic heterocycles. The highest BCUT2D eigenvalue weighted by atomic mass is 16.2. The average molecular weight is 441 g/mol. The number of hydrogen-bond acceptors (Lipinski definition) is 2. The zero-order valence-corrected chi connectivity index (χ0v) is 20.2. The summed E-state index contributed by atoms with van der Waals surface area (Å²) >= 11 is 0. The van der Waals surface area contributed by atoms with Crippen LogP contribution in [-0.4, -0.2) is 11.8 Å². The molecule has 33 heavy (non-hydrogen) atoms. The molecule has 2 amide bonds. The lowest BCUT2D eigenvalue weighted by Gasteiger charge is -2.14. The van der Waals surface area contributed by atoms with E-state index in [2.05, 4.69) is 24.5 Å². The first kappa shape index (κ1) is 24.0. The van der Waals surface area contributed by atoms with Gasteiger partial charge in [0.25, 0.3) is 11.8 Å². The SMILES string of the molecule is Cc1ccc(NC(=O)C(=Cc2ccc(C(C)C)cc2)C(=O)Nc2ccc(C)cc2C)c(C)c1. The van der Waals surface area contributed by atoms with Gasteiger partial charge in [0.15, 0.2) is 0 Å². The number of anilines is 2. The van der Waals surface area contributed by atoms with Gasteiger partial charge in [-0.25, -0.2) is 0 Å². The molecule has 0 bridgehead atoms. The standard InChI is InChI=1S/C29H32N2O2/c1-18(2)24-11-9-23(10-12-24)17-25(28(32)30-26-13-7-19(3)15-21(26)5)29(33)31-27-14-8-20(4)16-22(27)6/h7-18H,1-6H3,(H,30,32)(H,31,33). The molecule has 0 atom stereocenters. The van der Waals surface area contributed by atoms with Crippen molar-refractivity contribution in [1.82, 2.24) is 0 Å². The van der Waals surface area contributed by atoms with E-state index in [-0.39, 0.29) is 5.57 Å². The normalized spacial score (nSPS) is 10.6. The summed E-state index contributed by atoms with van der Waals surface area (Å²) in [6, 6.07) is 19.5. The van der Waals surface area contributed by atoms with Crippen molar-refractivity contribution in [2.24, 2.45) is 0 Å². The Hall–Kier alpha value is -3.66. The first-order valence-electron chi connectivity index (χ1n) is 11.2. The van der Waals surface area contributed by atoms with E-state index >= 15 is 0 Å². The summed E-state index contributed by atoms with van der Waals surface area (Å²) in [7, 11) is 0. The minimum absolute atomic E-state index is 0.0484. The molecule has 0 fully saturated rings. The number of rotatable bonds is 6. The Balaban J connectivity index is 1.95. The maximum absolute atomic E-state index is 13.3. The lowest BCUT2D eigenvalue weighted by atomic mass is 10.0. The van der Waals surface area contributed by atoms with E-state index in [1.165, 1.54) is 5.56 Å². The molecule has 0 aliphatic carbocycles. The predicted molar refractivity (Wildman–Crippen MR) is 138 cm³/mol. The summed E-state index contributed by atoms with van der Waals surface area (Å²) < 4.78 is 0. The summed E-state index contributed by atoms with van der Waals surface area (Å²) in [6.45, 7) is 12.1. The van der Waals surface area contributed by atoms with E-state index in [4.69, 9.17) is 0 Å². The Morgan fingerprint density at radius 1 is 0.697 bits per heavy atom. The molecule has 0 unspecified atom stereocenters. The van der Waals surface area contributed by atoms with Gasteiger partial charge in [0.05, 0.1) is 0 Å². The van der Waals surface area contributed by atoms with E-state index in [0.29, 0.717) is 17.3 Å². The molecule has 0 radical (unpaired) electrons. The number of aryl methyl sites for hydroxylation is 4. The predicted octanol–water partition coefficient (Wildman–Crippen LogP) is 6.70.